The zero-order chi connectivity index (χ0) is 20.1. The van der Waals surface area contributed by atoms with Crippen LogP contribution in [0.1, 0.15) is 30.1 Å². The Bertz CT molecular complexity index is 866. The second kappa shape index (κ2) is 9.43. The Morgan fingerprint density at radius 3 is 2.46 bits per heavy atom. The predicted octanol–water partition coefficient (Wildman–Crippen LogP) is 4.80. The molecule has 0 bridgehead atoms. The SMILES string of the molecule is CCCC(=O)N1CCN(c2ccc(NC(=O)c3ccccc3Br)cc2Cl)CC1. The molecular formula is C21H23BrClN3O2. The lowest BCUT2D eigenvalue weighted by Crippen LogP contribution is -2.48. The summed E-state index contributed by atoms with van der Waals surface area (Å²) in [5.41, 5.74) is 2.13. The number of carbonyl (C=O) groups is 2. The number of rotatable bonds is 5. The van der Waals surface area contributed by atoms with Gasteiger partial charge in [-0.1, -0.05) is 30.7 Å². The molecule has 0 aromatic heterocycles. The third kappa shape index (κ3) is 4.86. The molecule has 1 fully saturated rings. The van der Waals surface area contributed by atoms with Gasteiger partial charge in [-0.2, -0.15) is 0 Å². The number of nitrogens with zero attached hydrogens (tertiary/aromatic N) is 2. The quantitative estimate of drug-likeness (QED) is 0.691. The molecule has 2 aromatic rings. The first kappa shape index (κ1) is 20.7. The number of anilines is 2. The predicted molar refractivity (Wildman–Crippen MR) is 117 cm³/mol. The van der Waals surface area contributed by atoms with Gasteiger partial charge in [0, 0.05) is 42.8 Å². The van der Waals surface area contributed by atoms with E-state index in [1.54, 1.807) is 12.1 Å². The third-order valence-electron chi connectivity index (χ3n) is 4.76. The van der Waals surface area contributed by atoms with Crippen molar-refractivity contribution >= 4 is 50.7 Å². The molecule has 1 aliphatic rings. The summed E-state index contributed by atoms with van der Waals surface area (Å²) in [6.07, 6.45) is 1.48. The number of benzene rings is 2. The van der Waals surface area contributed by atoms with Crippen molar-refractivity contribution in [3.8, 4) is 0 Å². The normalized spacial score (nSPS) is 14.1. The largest absolute Gasteiger partial charge is 0.367 e. The van der Waals surface area contributed by atoms with Crippen LogP contribution in [0, 0.1) is 0 Å². The summed E-state index contributed by atoms with van der Waals surface area (Å²) in [5, 5.41) is 3.46. The summed E-state index contributed by atoms with van der Waals surface area (Å²) < 4.78 is 0.741. The van der Waals surface area contributed by atoms with E-state index in [4.69, 9.17) is 11.6 Å². The molecule has 2 amide bonds. The van der Waals surface area contributed by atoms with Crippen LogP contribution in [0.4, 0.5) is 11.4 Å². The average Bonchev–Trinajstić information content (AvgIpc) is 2.69. The first-order chi connectivity index (χ1) is 13.5. The molecule has 0 unspecified atom stereocenters. The Kier molecular flexibility index (Phi) is 6.97. The summed E-state index contributed by atoms with van der Waals surface area (Å²) in [6.45, 7) is 4.92. The van der Waals surface area contributed by atoms with E-state index in [9.17, 15) is 9.59 Å². The van der Waals surface area contributed by atoms with Crippen molar-refractivity contribution in [1.82, 2.24) is 4.90 Å². The minimum atomic E-state index is -0.195. The fourth-order valence-corrected chi connectivity index (χ4v) is 4.02. The number of amides is 2. The topological polar surface area (TPSA) is 52.7 Å². The number of halogens is 2. The zero-order valence-corrected chi connectivity index (χ0v) is 18.1. The summed E-state index contributed by atoms with van der Waals surface area (Å²) in [7, 11) is 0. The second-order valence-electron chi connectivity index (χ2n) is 6.72. The van der Waals surface area contributed by atoms with Gasteiger partial charge >= 0.3 is 0 Å². The highest BCUT2D eigenvalue weighted by molar-refractivity contribution is 9.10. The Labute approximate surface area is 178 Å². The van der Waals surface area contributed by atoms with Crippen molar-refractivity contribution < 1.29 is 9.59 Å². The van der Waals surface area contributed by atoms with Gasteiger partial charge in [-0.05, 0) is 52.7 Å². The maximum absolute atomic E-state index is 12.5. The molecule has 5 nitrogen and oxygen atoms in total. The van der Waals surface area contributed by atoms with E-state index in [1.165, 1.54) is 0 Å². The number of hydrogen-bond donors (Lipinski definition) is 1. The minimum absolute atomic E-state index is 0.195. The fraction of sp³-hybridized carbons (Fsp3) is 0.333. The van der Waals surface area contributed by atoms with Gasteiger partial charge in [0.15, 0.2) is 0 Å². The lowest BCUT2D eigenvalue weighted by Gasteiger charge is -2.36. The number of nitrogens with one attached hydrogen (secondary N) is 1. The molecule has 1 heterocycles. The van der Waals surface area contributed by atoms with Gasteiger partial charge in [0.25, 0.3) is 5.91 Å². The molecular weight excluding hydrogens is 442 g/mol. The van der Waals surface area contributed by atoms with Gasteiger partial charge in [-0.15, -0.1) is 0 Å². The molecule has 1 saturated heterocycles. The van der Waals surface area contributed by atoms with Crippen LogP contribution in [0.2, 0.25) is 5.02 Å². The molecule has 7 heteroatoms. The van der Waals surface area contributed by atoms with Crippen molar-refractivity contribution in [1.29, 1.82) is 0 Å². The van der Waals surface area contributed by atoms with Crippen LogP contribution in [-0.4, -0.2) is 42.9 Å². The van der Waals surface area contributed by atoms with Crippen molar-refractivity contribution in [2.24, 2.45) is 0 Å². The zero-order valence-electron chi connectivity index (χ0n) is 15.8. The highest BCUT2D eigenvalue weighted by Gasteiger charge is 2.22. The Morgan fingerprint density at radius 2 is 1.82 bits per heavy atom. The lowest BCUT2D eigenvalue weighted by molar-refractivity contribution is -0.131. The molecule has 3 rings (SSSR count). The summed E-state index contributed by atoms with van der Waals surface area (Å²) in [5.74, 6) is 0.0257. The minimum Gasteiger partial charge on any atom is -0.367 e. The standard InChI is InChI=1S/C21H23BrClN3O2/c1-2-5-20(27)26-12-10-25(11-13-26)19-9-8-15(14-18(19)23)24-21(28)16-6-3-4-7-17(16)22/h3-4,6-9,14H,2,5,10-13H2,1H3,(H,24,28). The van der Waals surface area contributed by atoms with E-state index >= 15 is 0 Å². The monoisotopic (exact) mass is 463 g/mol. The van der Waals surface area contributed by atoms with Crippen LogP contribution in [-0.2, 0) is 4.79 Å². The van der Waals surface area contributed by atoms with Gasteiger partial charge in [-0.3, -0.25) is 9.59 Å². The van der Waals surface area contributed by atoms with Crippen LogP contribution in [0.25, 0.3) is 0 Å². The molecule has 0 spiro atoms. The highest BCUT2D eigenvalue weighted by Crippen LogP contribution is 2.30. The van der Waals surface area contributed by atoms with Gasteiger partial charge in [0.05, 0.1) is 16.3 Å². The molecule has 0 radical (unpaired) electrons. The number of hydrogen-bond acceptors (Lipinski definition) is 3. The van der Waals surface area contributed by atoms with Gasteiger partial charge in [0.2, 0.25) is 5.91 Å². The first-order valence-corrected chi connectivity index (χ1v) is 10.5. The van der Waals surface area contributed by atoms with Crippen molar-refractivity contribution in [3.05, 3.63) is 57.5 Å². The van der Waals surface area contributed by atoms with Crippen molar-refractivity contribution in [2.75, 3.05) is 36.4 Å². The van der Waals surface area contributed by atoms with Crippen molar-refractivity contribution in [3.63, 3.8) is 0 Å². The van der Waals surface area contributed by atoms with Gasteiger partial charge in [-0.25, -0.2) is 0 Å². The van der Waals surface area contributed by atoms with E-state index in [-0.39, 0.29) is 11.8 Å². The van der Waals surface area contributed by atoms with Crippen LogP contribution in [0.15, 0.2) is 46.9 Å². The summed E-state index contributed by atoms with van der Waals surface area (Å²) in [6, 6.07) is 12.8. The van der Waals surface area contributed by atoms with Gasteiger partial charge in [0.1, 0.15) is 0 Å². The average molecular weight is 465 g/mol. The number of piperazine rings is 1. The van der Waals surface area contributed by atoms with E-state index in [0.717, 1.165) is 29.7 Å². The molecule has 0 atom stereocenters. The molecule has 148 valence electrons. The van der Waals surface area contributed by atoms with Crippen LogP contribution < -0.4 is 10.2 Å². The van der Waals surface area contributed by atoms with Crippen LogP contribution >= 0.6 is 27.5 Å². The third-order valence-corrected chi connectivity index (χ3v) is 5.76. The Balaban J connectivity index is 1.64. The fourth-order valence-electron chi connectivity index (χ4n) is 3.25. The van der Waals surface area contributed by atoms with Crippen LogP contribution in [0.3, 0.4) is 0 Å². The Morgan fingerprint density at radius 1 is 1.11 bits per heavy atom. The smallest absolute Gasteiger partial charge is 0.256 e. The highest BCUT2D eigenvalue weighted by atomic mass is 79.9. The summed E-state index contributed by atoms with van der Waals surface area (Å²) in [4.78, 5) is 28.6. The van der Waals surface area contributed by atoms with Crippen LogP contribution in [0.5, 0.6) is 0 Å². The first-order valence-electron chi connectivity index (χ1n) is 9.37. The van der Waals surface area contributed by atoms with Crippen molar-refractivity contribution in [2.45, 2.75) is 19.8 Å². The molecule has 28 heavy (non-hydrogen) atoms. The Hall–Kier alpha value is -2.05. The van der Waals surface area contributed by atoms with E-state index in [0.29, 0.717) is 35.8 Å². The number of carbonyl (C=O) groups excluding carboxylic acids is 2. The maximum atomic E-state index is 12.5. The molecule has 0 aliphatic carbocycles. The summed E-state index contributed by atoms with van der Waals surface area (Å²) >= 11 is 9.88. The lowest BCUT2D eigenvalue weighted by atomic mass is 10.2. The van der Waals surface area contributed by atoms with E-state index < -0.39 is 0 Å². The van der Waals surface area contributed by atoms with E-state index in [1.807, 2.05) is 42.2 Å². The maximum Gasteiger partial charge on any atom is 0.256 e. The molecule has 1 aliphatic heterocycles. The molecule has 1 N–H and O–H groups in total. The molecule has 2 aromatic carbocycles. The molecule has 0 saturated carbocycles. The van der Waals surface area contributed by atoms with Gasteiger partial charge < -0.3 is 15.1 Å². The second-order valence-corrected chi connectivity index (χ2v) is 7.98. The van der Waals surface area contributed by atoms with E-state index in [2.05, 4.69) is 26.1 Å².